The zero-order valence-electron chi connectivity index (χ0n) is 15.0. The van der Waals surface area contributed by atoms with Gasteiger partial charge in [0.05, 0.1) is 19.1 Å². The number of esters is 1. The molecule has 0 saturated heterocycles. The van der Waals surface area contributed by atoms with Crippen LogP contribution < -0.4 is 10.6 Å². The summed E-state index contributed by atoms with van der Waals surface area (Å²) in [5.41, 5.74) is 2.04. The van der Waals surface area contributed by atoms with E-state index in [2.05, 4.69) is 15.6 Å². The zero-order chi connectivity index (χ0) is 17.9. The summed E-state index contributed by atoms with van der Waals surface area (Å²) in [7, 11) is 0. The smallest absolute Gasteiger partial charge is 0.307 e. The molecule has 0 bridgehead atoms. The number of nitrogens with one attached hydrogen (secondary N) is 2. The van der Waals surface area contributed by atoms with E-state index in [-0.39, 0.29) is 24.3 Å². The van der Waals surface area contributed by atoms with Crippen LogP contribution in [0.2, 0.25) is 0 Å². The molecular weight excluding hydrogens is 309 g/mol. The first-order valence-corrected chi connectivity index (χ1v) is 8.39. The van der Waals surface area contributed by atoms with E-state index in [0.29, 0.717) is 19.0 Å². The van der Waals surface area contributed by atoms with Crippen LogP contribution in [0.3, 0.4) is 0 Å². The fraction of sp³-hybridized carbons (Fsp3) is 0.556. The van der Waals surface area contributed by atoms with Gasteiger partial charge in [-0.15, -0.1) is 0 Å². The van der Waals surface area contributed by atoms with E-state index in [1.165, 1.54) is 12.1 Å². The van der Waals surface area contributed by atoms with Crippen molar-refractivity contribution in [2.75, 3.05) is 19.6 Å². The number of aryl methyl sites for hydroxylation is 1. The Labute approximate surface area is 143 Å². The number of carbonyl (C=O) groups is 1. The van der Waals surface area contributed by atoms with Gasteiger partial charge >= 0.3 is 5.97 Å². The number of carbonyl (C=O) groups excluding carboxylic acids is 1. The van der Waals surface area contributed by atoms with E-state index in [1.807, 2.05) is 27.7 Å². The van der Waals surface area contributed by atoms with Crippen molar-refractivity contribution >= 4 is 11.9 Å². The van der Waals surface area contributed by atoms with Gasteiger partial charge < -0.3 is 15.4 Å². The minimum absolute atomic E-state index is 0.105. The van der Waals surface area contributed by atoms with E-state index in [1.54, 1.807) is 6.07 Å². The highest BCUT2D eigenvalue weighted by Crippen LogP contribution is 2.10. The Balaban J connectivity index is 2.44. The maximum atomic E-state index is 13.1. The zero-order valence-corrected chi connectivity index (χ0v) is 15.0. The first-order chi connectivity index (χ1) is 11.4. The summed E-state index contributed by atoms with van der Waals surface area (Å²) in [6.45, 7) is 9.31. The van der Waals surface area contributed by atoms with Crippen LogP contribution in [-0.2, 0) is 16.0 Å². The van der Waals surface area contributed by atoms with E-state index >= 15 is 0 Å². The second kappa shape index (κ2) is 10.6. The molecule has 0 atom stereocenters. The van der Waals surface area contributed by atoms with Crippen molar-refractivity contribution in [3.8, 4) is 0 Å². The number of rotatable bonds is 8. The highest BCUT2D eigenvalue weighted by atomic mass is 19.1. The second-order valence-electron chi connectivity index (χ2n) is 5.80. The Morgan fingerprint density at radius 2 is 2.08 bits per heavy atom. The minimum Gasteiger partial charge on any atom is -0.463 e. The Hall–Kier alpha value is -2.11. The van der Waals surface area contributed by atoms with Crippen LogP contribution in [0.1, 0.15) is 38.3 Å². The van der Waals surface area contributed by atoms with Gasteiger partial charge in [-0.1, -0.05) is 6.07 Å². The first kappa shape index (κ1) is 19.9. The molecule has 0 aromatic heterocycles. The van der Waals surface area contributed by atoms with Gasteiger partial charge in [-0.05, 0) is 57.4 Å². The van der Waals surface area contributed by atoms with Crippen molar-refractivity contribution in [1.29, 1.82) is 0 Å². The minimum atomic E-state index is -0.244. The van der Waals surface area contributed by atoms with E-state index < -0.39 is 0 Å². The van der Waals surface area contributed by atoms with Crippen molar-refractivity contribution in [2.45, 2.75) is 46.6 Å². The molecule has 134 valence electrons. The molecule has 0 aliphatic heterocycles. The van der Waals surface area contributed by atoms with Crippen LogP contribution in [0.15, 0.2) is 23.2 Å². The summed E-state index contributed by atoms with van der Waals surface area (Å²) in [5.74, 6) is 0.202. The molecule has 6 heteroatoms. The van der Waals surface area contributed by atoms with Crippen LogP contribution in [0, 0.1) is 12.7 Å². The summed E-state index contributed by atoms with van der Waals surface area (Å²) in [4.78, 5) is 15.9. The SMILES string of the molecule is CCNC(=NCCC(=O)OC(C)C)NCCc1ccc(F)cc1C. The fourth-order valence-electron chi connectivity index (χ4n) is 2.18. The van der Waals surface area contributed by atoms with Crippen molar-refractivity contribution in [1.82, 2.24) is 10.6 Å². The Morgan fingerprint density at radius 1 is 1.33 bits per heavy atom. The predicted octanol–water partition coefficient (Wildman–Crippen LogP) is 2.57. The number of ether oxygens (including phenoxy) is 1. The molecule has 24 heavy (non-hydrogen) atoms. The number of halogens is 1. The number of guanidine groups is 1. The molecule has 0 heterocycles. The van der Waals surface area contributed by atoms with E-state index in [4.69, 9.17) is 4.74 Å². The average molecular weight is 337 g/mol. The lowest BCUT2D eigenvalue weighted by Crippen LogP contribution is -2.38. The second-order valence-corrected chi connectivity index (χ2v) is 5.80. The van der Waals surface area contributed by atoms with Gasteiger partial charge in [-0.25, -0.2) is 4.39 Å². The third-order valence-corrected chi connectivity index (χ3v) is 3.29. The third kappa shape index (κ3) is 7.94. The summed E-state index contributed by atoms with van der Waals surface area (Å²) < 4.78 is 18.2. The standard InChI is InChI=1S/C18H28FN3O2/c1-5-20-18(22-11-9-17(23)24-13(2)3)21-10-8-15-6-7-16(19)12-14(15)4/h6-7,12-13H,5,8-11H2,1-4H3,(H2,20,21,22). The highest BCUT2D eigenvalue weighted by Gasteiger charge is 2.05. The van der Waals surface area contributed by atoms with Crippen LogP contribution in [0.4, 0.5) is 4.39 Å². The molecule has 0 aliphatic rings. The molecule has 0 fully saturated rings. The van der Waals surface area contributed by atoms with Gasteiger partial charge in [0.25, 0.3) is 0 Å². The molecule has 0 amide bonds. The average Bonchev–Trinajstić information content (AvgIpc) is 2.48. The molecule has 1 rings (SSSR count). The van der Waals surface area contributed by atoms with E-state index in [9.17, 15) is 9.18 Å². The third-order valence-electron chi connectivity index (χ3n) is 3.29. The summed E-state index contributed by atoms with van der Waals surface area (Å²) >= 11 is 0. The normalized spacial score (nSPS) is 11.5. The molecule has 5 nitrogen and oxygen atoms in total. The van der Waals surface area contributed by atoms with Crippen LogP contribution in [0.5, 0.6) is 0 Å². The topological polar surface area (TPSA) is 62.7 Å². The Morgan fingerprint density at radius 3 is 2.71 bits per heavy atom. The lowest BCUT2D eigenvalue weighted by atomic mass is 10.1. The Bertz CT molecular complexity index is 559. The fourth-order valence-corrected chi connectivity index (χ4v) is 2.18. The molecule has 0 unspecified atom stereocenters. The monoisotopic (exact) mass is 337 g/mol. The van der Waals surface area contributed by atoms with Gasteiger partial charge in [-0.2, -0.15) is 0 Å². The van der Waals surface area contributed by atoms with Gasteiger partial charge in [-0.3, -0.25) is 9.79 Å². The molecule has 0 saturated carbocycles. The largest absolute Gasteiger partial charge is 0.463 e. The van der Waals surface area contributed by atoms with Crippen LogP contribution in [-0.4, -0.2) is 37.7 Å². The number of hydrogen-bond donors (Lipinski definition) is 2. The molecule has 0 aliphatic carbocycles. The number of aliphatic imine (C=N–C) groups is 1. The lowest BCUT2D eigenvalue weighted by molar-refractivity contribution is -0.147. The molecule has 2 N–H and O–H groups in total. The van der Waals surface area contributed by atoms with Gasteiger partial charge in [0.15, 0.2) is 5.96 Å². The van der Waals surface area contributed by atoms with Gasteiger partial charge in [0.1, 0.15) is 5.82 Å². The van der Waals surface area contributed by atoms with Crippen molar-refractivity contribution < 1.29 is 13.9 Å². The maximum Gasteiger partial charge on any atom is 0.307 e. The lowest BCUT2D eigenvalue weighted by Gasteiger charge is -2.12. The van der Waals surface area contributed by atoms with Crippen LogP contribution >= 0.6 is 0 Å². The molecule has 1 aromatic rings. The van der Waals surface area contributed by atoms with Gasteiger partial charge in [0, 0.05) is 13.1 Å². The van der Waals surface area contributed by atoms with Crippen molar-refractivity contribution in [3.63, 3.8) is 0 Å². The summed E-state index contributed by atoms with van der Waals surface area (Å²) in [6.07, 6.45) is 0.921. The van der Waals surface area contributed by atoms with Crippen molar-refractivity contribution in [2.24, 2.45) is 4.99 Å². The molecule has 1 aromatic carbocycles. The van der Waals surface area contributed by atoms with E-state index in [0.717, 1.165) is 24.1 Å². The highest BCUT2D eigenvalue weighted by molar-refractivity contribution is 5.80. The Kier molecular flexibility index (Phi) is 8.83. The number of hydrogen-bond acceptors (Lipinski definition) is 3. The summed E-state index contributed by atoms with van der Waals surface area (Å²) in [6, 6.07) is 4.81. The van der Waals surface area contributed by atoms with Crippen LogP contribution in [0.25, 0.3) is 0 Å². The first-order valence-electron chi connectivity index (χ1n) is 8.39. The molecular formula is C18H28FN3O2. The quantitative estimate of drug-likeness (QED) is 0.435. The van der Waals surface area contributed by atoms with Gasteiger partial charge in [0.2, 0.25) is 0 Å². The number of benzene rings is 1. The number of nitrogens with zero attached hydrogens (tertiary/aromatic N) is 1. The predicted molar refractivity (Wildman–Crippen MR) is 94.7 cm³/mol. The molecule has 0 radical (unpaired) electrons. The summed E-state index contributed by atoms with van der Waals surface area (Å²) in [5, 5.41) is 6.35. The van der Waals surface area contributed by atoms with Crippen molar-refractivity contribution in [3.05, 3.63) is 35.1 Å². The molecule has 0 spiro atoms. The maximum absolute atomic E-state index is 13.1.